The van der Waals surface area contributed by atoms with Crippen LogP contribution in [0, 0.1) is 10.8 Å². The van der Waals surface area contributed by atoms with Gasteiger partial charge >= 0.3 is 5.97 Å². The predicted molar refractivity (Wildman–Crippen MR) is 45.3 cm³/mol. The van der Waals surface area contributed by atoms with Crippen molar-refractivity contribution in [3.8, 4) is 0 Å². The summed E-state index contributed by atoms with van der Waals surface area (Å²) in [6, 6.07) is 0. The van der Waals surface area contributed by atoms with Crippen LogP contribution >= 0.6 is 0 Å². The van der Waals surface area contributed by atoms with Crippen LogP contribution in [0.1, 0.15) is 0 Å². The third-order valence-corrected chi connectivity index (χ3v) is 3.51. The number of aliphatic carboxylic acids is 1. The van der Waals surface area contributed by atoms with Crippen LogP contribution in [0.4, 0.5) is 0 Å². The zero-order chi connectivity index (χ0) is 9.53. The summed E-state index contributed by atoms with van der Waals surface area (Å²) in [5.74, 6) is -0.809. The van der Waals surface area contributed by atoms with Crippen LogP contribution < -0.4 is 10.6 Å². The average Bonchev–Trinajstić information content (AvgIpc) is 2.57. The van der Waals surface area contributed by atoms with Crippen molar-refractivity contribution in [2.45, 2.75) is 0 Å². The van der Waals surface area contributed by atoms with Crippen molar-refractivity contribution >= 4 is 5.97 Å². The minimum absolute atomic E-state index is 0.0701. The van der Waals surface area contributed by atoms with Gasteiger partial charge < -0.3 is 20.8 Å². The first-order valence-corrected chi connectivity index (χ1v) is 4.43. The summed E-state index contributed by atoms with van der Waals surface area (Å²) < 4.78 is 0. The molecule has 0 saturated carbocycles. The van der Waals surface area contributed by atoms with Gasteiger partial charge in [0.15, 0.2) is 0 Å². The second kappa shape index (κ2) is 2.67. The molecule has 0 amide bonds. The number of aliphatic hydroxyl groups excluding tert-OH is 1. The minimum atomic E-state index is -0.809. The molecule has 0 aromatic rings. The first kappa shape index (κ1) is 8.93. The molecule has 5 heteroatoms. The molecule has 2 saturated heterocycles. The molecule has 2 aliphatic heterocycles. The summed E-state index contributed by atoms with van der Waals surface area (Å²) in [4.78, 5) is 11.2. The third-order valence-electron chi connectivity index (χ3n) is 3.51. The van der Waals surface area contributed by atoms with Crippen molar-refractivity contribution in [3.63, 3.8) is 0 Å². The Morgan fingerprint density at radius 2 is 1.77 bits per heavy atom. The fourth-order valence-corrected chi connectivity index (χ4v) is 2.51. The highest BCUT2D eigenvalue weighted by molar-refractivity contribution is 5.78. The molecule has 0 bridgehead atoms. The molecule has 13 heavy (non-hydrogen) atoms. The second-order valence-electron chi connectivity index (χ2n) is 4.03. The van der Waals surface area contributed by atoms with E-state index in [-0.39, 0.29) is 6.61 Å². The number of carbonyl (C=O) groups is 1. The largest absolute Gasteiger partial charge is 0.481 e. The Morgan fingerprint density at radius 3 is 2.08 bits per heavy atom. The molecule has 0 unspecified atom stereocenters. The Hall–Kier alpha value is -0.650. The van der Waals surface area contributed by atoms with Crippen LogP contribution in [0.5, 0.6) is 0 Å². The lowest BCUT2D eigenvalue weighted by atomic mass is 9.68. The Bertz CT molecular complexity index is 232. The Balaban J connectivity index is 2.39. The van der Waals surface area contributed by atoms with Gasteiger partial charge in [-0.15, -0.1) is 0 Å². The normalized spacial score (nSPS) is 43.5. The third kappa shape index (κ3) is 0.892. The highest BCUT2D eigenvalue weighted by Crippen LogP contribution is 2.45. The lowest BCUT2D eigenvalue weighted by Gasteiger charge is -2.32. The maximum atomic E-state index is 11.2. The topological polar surface area (TPSA) is 81.6 Å². The van der Waals surface area contributed by atoms with E-state index in [1.165, 1.54) is 0 Å². The highest BCUT2D eigenvalue weighted by Gasteiger charge is 2.62. The van der Waals surface area contributed by atoms with E-state index < -0.39 is 16.8 Å². The van der Waals surface area contributed by atoms with Gasteiger partial charge in [-0.25, -0.2) is 0 Å². The van der Waals surface area contributed by atoms with Crippen molar-refractivity contribution < 1.29 is 15.0 Å². The van der Waals surface area contributed by atoms with Gasteiger partial charge in [0.05, 0.1) is 6.61 Å². The molecule has 0 aromatic carbocycles. The molecule has 4 N–H and O–H groups in total. The fourth-order valence-electron chi connectivity index (χ4n) is 2.51. The molecule has 2 aliphatic rings. The highest BCUT2D eigenvalue weighted by atomic mass is 16.4. The van der Waals surface area contributed by atoms with Crippen molar-refractivity contribution in [1.82, 2.24) is 10.6 Å². The molecular weight excluding hydrogens is 172 g/mol. The van der Waals surface area contributed by atoms with Crippen LogP contribution in [0.3, 0.4) is 0 Å². The Morgan fingerprint density at radius 1 is 1.23 bits per heavy atom. The summed E-state index contributed by atoms with van der Waals surface area (Å²) in [5.41, 5.74) is -1.30. The number of fused-ring (bicyclic) bond motifs is 1. The number of nitrogens with one attached hydrogen (secondary N) is 2. The summed E-state index contributed by atoms with van der Waals surface area (Å²) in [7, 11) is 0. The maximum Gasteiger partial charge on any atom is 0.313 e. The van der Waals surface area contributed by atoms with E-state index in [9.17, 15) is 15.0 Å². The van der Waals surface area contributed by atoms with E-state index in [0.717, 1.165) is 0 Å². The molecule has 5 nitrogen and oxygen atoms in total. The van der Waals surface area contributed by atoms with Crippen LogP contribution in [0.25, 0.3) is 0 Å². The van der Waals surface area contributed by atoms with Crippen LogP contribution in [-0.4, -0.2) is 49.0 Å². The summed E-state index contributed by atoms with van der Waals surface area (Å²) in [6.07, 6.45) is 0. The smallest absolute Gasteiger partial charge is 0.313 e. The fraction of sp³-hybridized carbons (Fsp3) is 0.875. The van der Waals surface area contributed by atoms with Gasteiger partial charge in [0.2, 0.25) is 0 Å². The van der Waals surface area contributed by atoms with Gasteiger partial charge in [0.25, 0.3) is 0 Å². The number of rotatable bonds is 2. The Kier molecular flexibility index (Phi) is 1.83. The van der Waals surface area contributed by atoms with E-state index in [1.54, 1.807) is 0 Å². The Labute approximate surface area is 76.1 Å². The number of aliphatic hydroxyl groups is 1. The zero-order valence-corrected chi connectivity index (χ0v) is 7.34. The molecule has 0 aromatic heterocycles. The number of carboxylic acids is 1. The lowest BCUT2D eigenvalue weighted by molar-refractivity contribution is -0.152. The minimum Gasteiger partial charge on any atom is -0.481 e. The molecule has 0 spiro atoms. The molecular formula is C8H14N2O3. The van der Waals surface area contributed by atoms with E-state index in [4.69, 9.17) is 0 Å². The quantitative estimate of drug-likeness (QED) is 0.411. The first-order valence-electron chi connectivity index (χ1n) is 4.43. The molecule has 0 aliphatic carbocycles. The molecule has 2 heterocycles. The molecule has 74 valence electrons. The van der Waals surface area contributed by atoms with Crippen molar-refractivity contribution in [1.29, 1.82) is 0 Å². The summed E-state index contributed by atoms with van der Waals surface area (Å²) >= 11 is 0. The van der Waals surface area contributed by atoms with Crippen molar-refractivity contribution in [2.75, 3.05) is 32.8 Å². The maximum absolute atomic E-state index is 11.2. The van der Waals surface area contributed by atoms with Crippen LogP contribution in [0.15, 0.2) is 0 Å². The monoisotopic (exact) mass is 186 g/mol. The van der Waals surface area contributed by atoms with Gasteiger partial charge in [-0.05, 0) is 0 Å². The summed E-state index contributed by atoms with van der Waals surface area (Å²) in [6.45, 7) is 2.01. The molecule has 0 atom stereocenters. The van der Waals surface area contributed by atoms with E-state index in [1.807, 2.05) is 0 Å². The number of carboxylic acid groups (broad SMARTS) is 1. The van der Waals surface area contributed by atoms with Crippen molar-refractivity contribution in [2.24, 2.45) is 10.8 Å². The van der Waals surface area contributed by atoms with Crippen molar-refractivity contribution in [3.05, 3.63) is 0 Å². The van der Waals surface area contributed by atoms with E-state index in [2.05, 4.69) is 10.6 Å². The second-order valence-corrected chi connectivity index (χ2v) is 4.03. The van der Waals surface area contributed by atoms with E-state index in [0.29, 0.717) is 26.2 Å². The summed E-state index contributed by atoms with van der Waals surface area (Å²) in [5, 5.41) is 24.6. The van der Waals surface area contributed by atoms with Gasteiger partial charge in [0.1, 0.15) is 5.41 Å². The zero-order valence-electron chi connectivity index (χ0n) is 7.34. The number of hydrogen-bond acceptors (Lipinski definition) is 4. The van der Waals surface area contributed by atoms with Gasteiger partial charge in [0, 0.05) is 31.6 Å². The molecule has 2 fully saturated rings. The van der Waals surface area contributed by atoms with Gasteiger partial charge in [-0.1, -0.05) is 0 Å². The van der Waals surface area contributed by atoms with E-state index >= 15 is 0 Å². The first-order chi connectivity index (χ1) is 6.17. The molecule has 2 rings (SSSR count). The van der Waals surface area contributed by atoms with Crippen LogP contribution in [-0.2, 0) is 4.79 Å². The van der Waals surface area contributed by atoms with Crippen LogP contribution in [0.2, 0.25) is 0 Å². The SMILES string of the molecule is O=C(O)C12CNCC1(CO)CNC2. The van der Waals surface area contributed by atoms with Gasteiger partial charge in [-0.3, -0.25) is 4.79 Å². The standard InChI is InChI=1S/C8H14N2O3/c11-5-7-1-9-3-8(7,6(12)13)4-10-2-7/h9-11H,1-5H2,(H,12,13). The average molecular weight is 186 g/mol. The predicted octanol–water partition coefficient (Wildman–Crippen LogP) is -1.76. The molecule has 0 radical (unpaired) electrons. The lowest BCUT2D eigenvalue weighted by Crippen LogP contribution is -2.48. The number of hydrogen-bond donors (Lipinski definition) is 4. The van der Waals surface area contributed by atoms with Gasteiger partial charge in [-0.2, -0.15) is 0 Å².